The summed E-state index contributed by atoms with van der Waals surface area (Å²) in [6.45, 7) is 0.692. The van der Waals surface area contributed by atoms with Crippen LogP contribution in [-0.4, -0.2) is 21.3 Å². The van der Waals surface area contributed by atoms with Crippen LogP contribution in [0.4, 0.5) is 5.69 Å². The van der Waals surface area contributed by atoms with Gasteiger partial charge in [0.1, 0.15) is 5.82 Å². The van der Waals surface area contributed by atoms with E-state index in [0.717, 1.165) is 23.3 Å². The van der Waals surface area contributed by atoms with E-state index in [1.54, 1.807) is 0 Å². The molecular formula is C17H17N3O. The fourth-order valence-electron chi connectivity index (χ4n) is 3.15. The van der Waals surface area contributed by atoms with Gasteiger partial charge in [0, 0.05) is 18.7 Å². The zero-order chi connectivity index (χ0) is 14.2. The van der Waals surface area contributed by atoms with E-state index in [-0.39, 0.29) is 12.6 Å². The first-order valence-electron chi connectivity index (χ1n) is 7.27. The average molecular weight is 279 g/mol. The van der Waals surface area contributed by atoms with Crippen LogP contribution in [0.2, 0.25) is 0 Å². The van der Waals surface area contributed by atoms with Gasteiger partial charge in [-0.1, -0.05) is 30.3 Å². The second kappa shape index (κ2) is 4.90. The number of anilines is 1. The molecule has 1 unspecified atom stereocenters. The van der Waals surface area contributed by atoms with Gasteiger partial charge in [-0.3, -0.25) is 0 Å². The van der Waals surface area contributed by atoms with Crippen LogP contribution < -0.4 is 5.32 Å². The molecular weight excluding hydrogens is 262 g/mol. The molecule has 1 aliphatic heterocycles. The van der Waals surface area contributed by atoms with Gasteiger partial charge in [-0.15, -0.1) is 0 Å². The number of nitrogens with one attached hydrogen (secondary N) is 1. The number of aromatic nitrogens is 2. The lowest BCUT2D eigenvalue weighted by Crippen LogP contribution is -2.15. The highest BCUT2D eigenvalue weighted by Crippen LogP contribution is 2.34. The maximum Gasteiger partial charge on any atom is 0.132 e. The van der Waals surface area contributed by atoms with Crippen molar-refractivity contribution < 1.29 is 5.11 Å². The molecule has 1 atom stereocenters. The standard InChI is InChI=1S/C17H17N3O/c21-10-9-20-16-8-4-3-7-14(16)19-17(20)15-11-12-5-1-2-6-13(12)18-15/h1-8,15,18,21H,9-11H2. The van der Waals surface area contributed by atoms with Crippen molar-refractivity contribution in [2.75, 3.05) is 11.9 Å². The lowest BCUT2D eigenvalue weighted by molar-refractivity contribution is 0.275. The monoisotopic (exact) mass is 279 g/mol. The summed E-state index contributed by atoms with van der Waals surface area (Å²) in [5.41, 5.74) is 4.58. The second-order valence-electron chi connectivity index (χ2n) is 5.39. The highest BCUT2D eigenvalue weighted by atomic mass is 16.3. The predicted octanol–water partition coefficient (Wildman–Crippen LogP) is 2.74. The summed E-state index contributed by atoms with van der Waals surface area (Å²) in [6.07, 6.45) is 0.935. The molecule has 0 radical (unpaired) electrons. The van der Waals surface area contributed by atoms with E-state index >= 15 is 0 Å². The van der Waals surface area contributed by atoms with Gasteiger partial charge in [0.25, 0.3) is 0 Å². The first-order chi connectivity index (χ1) is 10.4. The van der Waals surface area contributed by atoms with Crippen molar-refractivity contribution in [1.82, 2.24) is 9.55 Å². The number of benzene rings is 2. The van der Waals surface area contributed by atoms with Crippen molar-refractivity contribution in [2.24, 2.45) is 0 Å². The molecule has 0 fully saturated rings. The van der Waals surface area contributed by atoms with Gasteiger partial charge >= 0.3 is 0 Å². The topological polar surface area (TPSA) is 50.1 Å². The summed E-state index contributed by atoms with van der Waals surface area (Å²) in [5, 5.41) is 12.9. The third kappa shape index (κ3) is 1.99. The number of aliphatic hydroxyl groups is 1. The summed E-state index contributed by atoms with van der Waals surface area (Å²) < 4.78 is 2.12. The minimum Gasteiger partial charge on any atom is -0.395 e. The van der Waals surface area contributed by atoms with Crippen LogP contribution in [0.25, 0.3) is 11.0 Å². The Morgan fingerprint density at radius 3 is 2.81 bits per heavy atom. The molecule has 1 aliphatic rings. The highest BCUT2D eigenvalue weighted by molar-refractivity contribution is 5.76. The summed E-state index contributed by atoms with van der Waals surface area (Å²) in [5.74, 6) is 1.00. The zero-order valence-corrected chi connectivity index (χ0v) is 11.7. The SMILES string of the molecule is OCCn1c(C2Cc3ccccc3N2)nc2ccccc21. The quantitative estimate of drug-likeness (QED) is 0.775. The first kappa shape index (κ1) is 12.4. The molecule has 3 aromatic rings. The van der Waals surface area contributed by atoms with Crippen LogP contribution in [0.15, 0.2) is 48.5 Å². The fraction of sp³-hybridized carbons (Fsp3) is 0.235. The molecule has 2 aromatic carbocycles. The second-order valence-corrected chi connectivity index (χ2v) is 5.39. The Hall–Kier alpha value is -2.33. The summed E-state index contributed by atoms with van der Waals surface area (Å²) in [4.78, 5) is 4.79. The number of hydrogen-bond acceptors (Lipinski definition) is 3. The predicted molar refractivity (Wildman–Crippen MR) is 83.3 cm³/mol. The molecule has 1 aromatic heterocycles. The van der Waals surface area contributed by atoms with Gasteiger partial charge in [-0.05, 0) is 23.8 Å². The van der Waals surface area contributed by atoms with Crippen LogP contribution in [0.5, 0.6) is 0 Å². The fourth-order valence-corrected chi connectivity index (χ4v) is 3.15. The number of para-hydroxylation sites is 3. The molecule has 4 rings (SSSR count). The molecule has 0 aliphatic carbocycles. The van der Waals surface area contributed by atoms with Gasteiger partial charge in [0.15, 0.2) is 0 Å². The average Bonchev–Trinajstić information content (AvgIpc) is 3.09. The molecule has 2 heterocycles. The number of aliphatic hydroxyl groups excluding tert-OH is 1. The maximum atomic E-state index is 9.37. The van der Waals surface area contributed by atoms with Crippen molar-refractivity contribution in [3.8, 4) is 0 Å². The van der Waals surface area contributed by atoms with Crippen LogP contribution in [0.3, 0.4) is 0 Å². The largest absolute Gasteiger partial charge is 0.395 e. The highest BCUT2D eigenvalue weighted by Gasteiger charge is 2.26. The number of fused-ring (bicyclic) bond motifs is 2. The van der Waals surface area contributed by atoms with Crippen LogP contribution in [0.1, 0.15) is 17.4 Å². The van der Waals surface area contributed by atoms with Gasteiger partial charge in [0.2, 0.25) is 0 Å². The van der Waals surface area contributed by atoms with E-state index in [1.165, 1.54) is 11.3 Å². The Morgan fingerprint density at radius 1 is 1.14 bits per heavy atom. The summed E-state index contributed by atoms with van der Waals surface area (Å²) >= 11 is 0. The van der Waals surface area contributed by atoms with E-state index in [2.05, 4.69) is 34.1 Å². The van der Waals surface area contributed by atoms with Crippen molar-refractivity contribution >= 4 is 16.7 Å². The van der Waals surface area contributed by atoms with Crippen LogP contribution in [-0.2, 0) is 13.0 Å². The molecule has 0 saturated heterocycles. The molecule has 106 valence electrons. The van der Waals surface area contributed by atoms with E-state index in [4.69, 9.17) is 4.98 Å². The Morgan fingerprint density at radius 2 is 1.95 bits per heavy atom. The number of nitrogens with zero attached hydrogens (tertiary/aromatic N) is 2. The van der Waals surface area contributed by atoms with Crippen LogP contribution in [0, 0.1) is 0 Å². The molecule has 4 heteroatoms. The third-order valence-corrected chi connectivity index (χ3v) is 4.09. The molecule has 0 amide bonds. The van der Waals surface area contributed by atoms with E-state index in [1.807, 2.05) is 24.3 Å². The van der Waals surface area contributed by atoms with E-state index in [0.29, 0.717) is 6.54 Å². The molecule has 0 spiro atoms. The minimum absolute atomic E-state index is 0.118. The van der Waals surface area contributed by atoms with Crippen molar-refractivity contribution in [3.63, 3.8) is 0 Å². The first-order valence-corrected chi connectivity index (χ1v) is 7.27. The number of hydrogen-bond donors (Lipinski definition) is 2. The summed E-state index contributed by atoms with van der Waals surface area (Å²) in [6, 6.07) is 16.6. The molecule has 4 nitrogen and oxygen atoms in total. The van der Waals surface area contributed by atoms with Gasteiger partial charge in [-0.25, -0.2) is 4.98 Å². The van der Waals surface area contributed by atoms with Crippen molar-refractivity contribution in [1.29, 1.82) is 0 Å². The van der Waals surface area contributed by atoms with Gasteiger partial charge in [-0.2, -0.15) is 0 Å². The van der Waals surface area contributed by atoms with Crippen molar-refractivity contribution in [3.05, 3.63) is 59.9 Å². The number of imidazole rings is 1. The molecule has 0 saturated carbocycles. The van der Waals surface area contributed by atoms with E-state index in [9.17, 15) is 5.11 Å². The normalized spacial score (nSPS) is 16.9. The third-order valence-electron chi connectivity index (χ3n) is 4.09. The Balaban J connectivity index is 1.79. The molecule has 2 N–H and O–H groups in total. The van der Waals surface area contributed by atoms with Crippen LogP contribution >= 0.6 is 0 Å². The lowest BCUT2D eigenvalue weighted by Gasteiger charge is -2.13. The number of rotatable bonds is 3. The van der Waals surface area contributed by atoms with Gasteiger partial charge < -0.3 is 15.0 Å². The summed E-state index contributed by atoms with van der Waals surface area (Å²) in [7, 11) is 0. The van der Waals surface area contributed by atoms with Crippen molar-refractivity contribution in [2.45, 2.75) is 19.0 Å². The minimum atomic E-state index is 0.118. The molecule has 21 heavy (non-hydrogen) atoms. The van der Waals surface area contributed by atoms with E-state index < -0.39 is 0 Å². The Kier molecular flexibility index (Phi) is 2.89. The Labute approximate surface area is 123 Å². The zero-order valence-electron chi connectivity index (χ0n) is 11.7. The van der Waals surface area contributed by atoms with Gasteiger partial charge in [0.05, 0.1) is 23.7 Å². The molecule has 0 bridgehead atoms. The Bertz CT molecular complexity index is 769. The maximum absolute atomic E-state index is 9.37. The lowest BCUT2D eigenvalue weighted by atomic mass is 10.1. The smallest absolute Gasteiger partial charge is 0.132 e.